The molecule has 28 heavy (non-hydrogen) atoms. The number of hydrogen-bond donors (Lipinski definition) is 3. The number of aryl methyl sites for hydroxylation is 1. The summed E-state index contributed by atoms with van der Waals surface area (Å²) in [5.74, 6) is 0.308. The first-order valence-corrected chi connectivity index (χ1v) is 8.79. The van der Waals surface area contributed by atoms with Crippen molar-refractivity contribution in [2.75, 3.05) is 18.1 Å². The minimum atomic E-state index is -0.982. The number of aliphatic hydroxyl groups excluding tert-OH is 2. The lowest BCUT2D eigenvalue weighted by Crippen LogP contribution is -2.54. The molecule has 0 saturated carbocycles. The molecular formula is C19H18N2O6S. The minimum Gasteiger partial charge on any atom is -0.491 e. The Kier molecular flexibility index (Phi) is 5.88. The minimum absolute atomic E-state index is 0.0350. The van der Waals surface area contributed by atoms with Crippen molar-refractivity contribution < 1.29 is 29.0 Å². The van der Waals surface area contributed by atoms with Gasteiger partial charge in [0.2, 0.25) is 0 Å². The summed E-state index contributed by atoms with van der Waals surface area (Å²) >= 11 is 5.15. The van der Waals surface area contributed by atoms with E-state index >= 15 is 0 Å². The largest absolute Gasteiger partial charge is 0.491 e. The lowest BCUT2D eigenvalue weighted by molar-refractivity contribution is -0.122. The number of amides is 2. The molecule has 0 spiro atoms. The zero-order valence-electron chi connectivity index (χ0n) is 14.9. The van der Waals surface area contributed by atoms with E-state index in [0.717, 1.165) is 0 Å². The van der Waals surface area contributed by atoms with Crippen LogP contribution in [-0.4, -0.2) is 46.5 Å². The van der Waals surface area contributed by atoms with Gasteiger partial charge in [-0.05, 0) is 61.6 Å². The lowest BCUT2D eigenvalue weighted by Gasteiger charge is -2.28. The van der Waals surface area contributed by atoms with Crippen LogP contribution in [0, 0.1) is 6.92 Å². The number of nitrogens with zero attached hydrogens (tertiary/aromatic N) is 1. The molecule has 0 aliphatic carbocycles. The van der Waals surface area contributed by atoms with Crippen LogP contribution in [0.1, 0.15) is 11.5 Å². The molecule has 1 aromatic heterocycles. The van der Waals surface area contributed by atoms with Gasteiger partial charge >= 0.3 is 0 Å². The molecular weight excluding hydrogens is 384 g/mol. The van der Waals surface area contributed by atoms with E-state index in [1.807, 2.05) is 0 Å². The number of ether oxygens (including phenoxy) is 1. The third-order valence-electron chi connectivity index (χ3n) is 3.90. The molecule has 1 fully saturated rings. The van der Waals surface area contributed by atoms with E-state index in [0.29, 0.717) is 23.0 Å². The standard InChI is InChI=1S/C19H18N2O6S/c1-11-2-5-15(27-11)8-16-17(24)20-19(28)21(18(16)25)12-3-6-14(7-4-12)26-10-13(23)9-22/h2-8,13,22-23H,9-10H2,1H3,(H,20,24,28)/b16-8-. The topological polar surface area (TPSA) is 112 Å². The molecule has 2 aromatic rings. The second-order valence-electron chi connectivity index (χ2n) is 6.05. The molecule has 3 N–H and O–H groups in total. The molecule has 1 unspecified atom stereocenters. The maximum absolute atomic E-state index is 12.9. The Labute approximate surface area is 166 Å². The van der Waals surface area contributed by atoms with Crippen molar-refractivity contribution in [3.8, 4) is 5.75 Å². The van der Waals surface area contributed by atoms with Crippen LogP contribution in [0.15, 0.2) is 46.4 Å². The number of aliphatic hydroxyl groups is 2. The number of rotatable bonds is 6. The van der Waals surface area contributed by atoms with Gasteiger partial charge in [0.1, 0.15) is 35.6 Å². The predicted molar refractivity (Wildman–Crippen MR) is 105 cm³/mol. The van der Waals surface area contributed by atoms with Gasteiger partial charge < -0.3 is 19.4 Å². The monoisotopic (exact) mass is 402 g/mol. The van der Waals surface area contributed by atoms with Crippen LogP contribution < -0.4 is 15.0 Å². The summed E-state index contributed by atoms with van der Waals surface area (Å²) in [7, 11) is 0. The van der Waals surface area contributed by atoms with Crippen LogP contribution in [0.4, 0.5) is 5.69 Å². The van der Waals surface area contributed by atoms with Crippen molar-refractivity contribution in [3.63, 3.8) is 0 Å². The van der Waals surface area contributed by atoms with Gasteiger partial charge in [-0.25, -0.2) is 0 Å². The number of benzene rings is 1. The van der Waals surface area contributed by atoms with Crippen LogP contribution in [0.2, 0.25) is 0 Å². The molecule has 1 aliphatic heterocycles. The van der Waals surface area contributed by atoms with E-state index in [4.69, 9.17) is 26.5 Å². The fraction of sp³-hybridized carbons (Fsp3) is 0.211. The second kappa shape index (κ2) is 8.34. The van der Waals surface area contributed by atoms with Crippen molar-refractivity contribution in [1.29, 1.82) is 0 Å². The van der Waals surface area contributed by atoms with Gasteiger partial charge in [-0.2, -0.15) is 0 Å². The van der Waals surface area contributed by atoms with Crippen molar-refractivity contribution in [3.05, 3.63) is 53.5 Å². The SMILES string of the molecule is Cc1ccc(/C=C2/C(=O)NC(=S)N(c3ccc(OCC(O)CO)cc3)C2=O)o1. The first-order valence-electron chi connectivity index (χ1n) is 8.38. The number of furan rings is 1. The van der Waals surface area contributed by atoms with Crippen molar-refractivity contribution in [2.45, 2.75) is 13.0 Å². The van der Waals surface area contributed by atoms with E-state index in [-0.39, 0.29) is 17.3 Å². The highest BCUT2D eigenvalue weighted by Gasteiger charge is 2.34. The Hall–Kier alpha value is -3.01. The molecule has 1 atom stereocenters. The van der Waals surface area contributed by atoms with Gasteiger partial charge in [-0.1, -0.05) is 0 Å². The number of thiocarbonyl (C=S) groups is 1. The van der Waals surface area contributed by atoms with Gasteiger partial charge in [0, 0.05) is 0 Å². The van der Waals surface area contributed by atoms with E-state index in [2.05, 4.69) is 5.32 Å². The summed E-state index contributed by atoms with van der Waals surface area (Å²) in [5.41, 5.74) is 0.334. The predicted octanol–water partition coefficient (Wildman–Crippen LogP) is 1.15. The van der Waals surface area contributed by atoms with Gasteiger partial charge in [0.15, 0.2) is 5.11 Å². The molecule has 1 aromatic carbocycles. The summed E-state index contributed by atoms with van der Waals surface area (Å²) in [6.45, 7) is 1.29. The van der Waals surface area contributed by atoms with E-state index < -0.39 is 24.5 Å². The highest BCUT2D eigenvalue weighted by Crippen LogP contribution is 2.24. The number of carbonyl (C=O) groups excluding carboxylic acids is 2. The molecule has 1 saturated heterocycles. The van der Waals surface area contributed by atoms with Crippen LogP contribution in [0.3, 0.4) is 0 Å². The fourth-order valence-corrected chi connectivity index (χ4v) is 2.78. The normalized spacial score (nSPS) is 17.0. The summed E-state index contributed by atoms with van der Waals surface area (Å²) in [6, 6.07) is 9.75. The molecule has 2 amide bonds. The molecule has 3 rings (SSSR count). The lowest BCUT2D eigenvalue weighted by atomic mass is 10.1. The average Bonchev–Trinajstić information content (AvgIpc) is 3.09. The maximum atomic E-state index is 12.9. The number of hydrogen-bond acceptors (Lipinski definition) is 7. The molecule has 1 aliphatic rings. The Morgan fingerprint density at radius 3 is 2.57 bits per heavy atom. The Bertz CT molecular complexity index is 934. The highest BCUT2D eigenvalue weighted by atomic mass is 32.1. The summed E-state index contributed by atoms with van der Waals surface area (Å²) in [6.07, 6.45) is 0.386. The first-order chi connectivity index (χ1) is 13.4. The molecule has 0 bridgehead atoms. The van der Waals surface area contributed by atoms with Crippen LogP contribution in [-0.2, 0) is 9.59 Å². The third kappa shape index (κ3) is 4.28. The van der Waals surface area contributed by atoms with Crippen molar-refractivity contribution in [1.82, 2.24) is 5.32 Å². The zero-order chi connectivity index (χ0) is 20.3. The van der Waals surface area contributed by atoms with Gasteiger partial charge in [-0.3, -0.25) is 19.8 Å². The van der Waals surface area contributed by atoms with E-state index in [1.54, 1.807) is 43.3 Å². The first kappa shape index (κ1) is 19.7. The van der Waals surface area contributed by atoms with E-state index in [1.165, 1.54) is 11.0 Å². The Balaban J connectivity index is 1.82. The summed E-state index contributed by atoms with van der Waals surface area (Å²) < 4.78 is 10.7. The molecule has 146 valence electrons. The number of carbonyl (C=O) groups is 2. The van der Waals surface area contributed by atoms with Crippen molar-refractivity contribution >= 4 is 40.9 Å². The molecule has 9 heteroatoms. The van der Waals surface area contributed by atoms with Crippen LogP contribution >= 0.6 is 12.2 Å². The average molecular weight is 402 g/mol. The van der Waals surface area contributed by atoms with Crippen molar-refractivity contribution in [2.24, 2.45) is 0 Å². The fourth-order valence-electron chi connectivity index (χ4n) is 2.50. The molecule has 0 radical (unpaired) electrons. The Morgan fingerprint density at radius 1 is 1.25 bits per heavy atom. The Morgan fingerprint density at radius 2 is 1.96 bits per heavy atom. The quantitative estimate of drug-likeness (QED) is 0.377. The smallest absolute Gasteiger partial charge is 0.270 e. The number of nitrogens with one attached hydrogen (secondary N) is 1. The molecule has 8 nitrogen and oxygen atoms in total. The summed E-state index contributed by atoms with van der Waals surface area (Å²) in [4.78, 5) is 26.3. The maximum Gasteiger partial charge on any atom is 0.270 e. The van der Waals surface area contributed by atoms with Crippen LogP contribution in [0.25, 0.3) is 6.08 Å². The second-order valence-corrected chi connectivity index (χ2v) is 6.43. The highest BCUT2D eigenvalue weighted by molar-refractivity contribution is 7.80. The summed E-state index contributed by atoms with van der Waals surface area (Å²) in [5, 5.41) is 20.6. The van der Waals surface area contributed by atoms with Gasteiger partial charge in [-0.15, -0.1) is 0 Å². The molecule has 2 heterocycles. The van der Waals surface area contributed by atoms with Crippen LogP contribution in [0.5, 0.6) is 5.75 Å². The van der Waals surface area contributed by atoms with Gasteiger partial charge in [0.25, 0.3) is 11.8 Å². The van der Waals surface area contributed by atoms with Gasteiger partial charge in [0.05, 0.1) is 12.3 Å². The zero-order valence-corrected chi connectivity index (χ0v) is 15.7. The number of anilines is 1. The van der Waals surface area contributed by atoms with E-state index in [9.17, 15) is 14.7 Å². The third-order valence-corrected chi connectivity index (χ3v) is 4.18.